The van der Waals surface area contributed by atoms with E-state index in [1.54, 1.807) is 0 Å². The fourth-order valence-corrected chi connectivity index (χ4v) is 0.809. The van der Waals surface area contributed by atoms with Gasteiger partial charge in [-0.25, -0.2) is 0 Å². The van der Waals surface area contributed by atoms with Gasteiger partial charge in [0.1, 0.15) is 24.9 Å². The standard InChI is InChI=1S/C7H14O6/c1-13-5(3-9)7(12)6(11)4(10)2-8/h5-9,11-12H,2-3H2,1H3. The molecule has 0 bridgehead atoms. The van der Waals surface area contributed by atoms with E-state index in [9.17, 15) is 9.90 Å². The summed E-state index contributed by atoms with van der Waals surface area (Å²) >= 11 is 0. The number of methoxy groups -OCH3 is 1. The molecule has 0 aromatic heterocycles. The van der Waals surface area contributed by atoms with Crippen LogP contribution in [0.1, 0.15) is 0 Å². The summed E-state index contributed by atoms with van der Waals surface area (Å²) in [5.41, 5.74) is 0. The molecule has 13 heavy (non-hydrogen) atoms. The van der Waals surface area contributed by atoms with E-state index in [-0.39, 0.29) is 0 Å². The Labute approximate surface area is 75.4 Å². The summed E-state index contributed by atoms with van der Waals surface area (Å²) in [6, 6.07) is 0. The molecule has 0 aliphatic carbocycles. The van der Waals surface area contributed by atoms with Crippen LogP contribution in [0.15, 0.2) is 0 Å². The number of aliphatic hydroxyl groups is 4. The number of ether oxygens (including phenoxy) is 1. The first-order chi connectivity index (χ1) is 6.08. The Kier molecular flexibility index (Phi) is 5.76. The Morgan fingerprint density at radius 3 is 2.23 bits per heavy atom. The van der Waals surface area contributed by atoms with E-state index in [0.717, 1.165) is 0 Å². The molecule has 0 fully saturated rings. The molecule has 0 rings (SSSR count). The van der Waals surface area contributed by atoms with E-state index < -0.39 is 37.3 Å². The zero-order chi connectivity index (χ0) is 10.4. The molecule has 0 heterocycles. The molecular weight excluding hydrogens is 180 g/mol. The van der Waals surface area contributed by atoms with Gasteiger partial charge in [0, 0.05) is 7.11 Å². The minimum atomic E-state index is -1.73. The summed E-state index contributed by atoms with van der Waals surface area (Å²) in [7, 11) is 1.22. The maximum absolute atomic E-state index is 10.7. The normalized spacial score (nSPS) is 17.9. The Hall–Kier alpha value is -0.530. The number of carbonyl (C=O) groups is 1. The summed E-state index contributed by atoms with van der Waals surface area (Å²) in [6.07, 6.45) is -4.30. The van der Waals surface area contributed by atoms with Gasteiger partial charge in [-0.05, 0) is 0 Å². The van der Waals surface area contributed by atoms with Crippen LogP contribution in [0.4, 0.5) is 0 Å². The highest BCUT2D eigenvalue weighted by Gasteiger charge is 2.30. The lowest BCUT2D eigenvalue weighted by Crippen LogP contribution is -2.45. The summed E-state index contributed by atoms with van der Waals surface area (Å²) in [5.74, 6) is -0.914. The summed E-state index contributed by atoms with van der Waals surface area (Å²) in [5, 5.41) is 35.3. The van der Waals surface area contributed by atoms with Gasteiger partial charge in [0.05, 0.1) is 6.61 Å². The lowest BCUT2D eigenvalue weighted by molar-refractivity contribution is -0.144. The summed E-state index contributed by atoms with van der Waals surface area (Å²) < 4.78 is 4.58. The highest BCUT2D eigenvalue weighted by atomic mass is 16.5. The van der Waals surface area contributed by atoms with Crippen LogP contribution in [0.25, 0.3) is 0 Å². The van der Waals surface area contributed by atoms with Crippen molar-refractivity contribution in [2.24, 2.45) is 0 Å². The zero-order valence-electron chi connectivity index (χ0n) is 7.25. The van der Waals surface area contributed by atoms with Gasteiger partial charge in [0.15, 0.2) is 5.78 Å². The molecule has 6 nitrogen and oxygen atoms in total. The molecule has 0 saturated heterocycles. The largest absolute Gasteiger partial charge is 0.394 e. The van der Waals surface area contributed by atoms with Gasteiger partial charge in [0.25, 0.3) is 0 Å². The molecule has 78 valence electrons. The quantitative estimate of drug-likeness (QED) is 0.366. The van der Waals surface area contributed by atoms with Crippen LogP contribution < -0.4 is 0 Å². The average Bonchev–Trinajstić information content (AvgIpc) is 2.17. The number of rotatable bonds is 6. The zero-order valence-corrected chi connectivity index (χ0v) is 7.25. The third-order valence-corrected chi connectivity index (χ3v) is 1.67. The van der Waals surface area contributed by atoms with Gasteiger partial charge in [-0.2, -0.15) is 0 Å². The number of hydrogen-bond donors (Lipinski definition) is 4. The van der Waals surface area contributed by atoms with Gasteiger partial charge in [0.2, 0.25) is 0 Å². The average molecular weight is 194 g/mol. The van der Waals surface area contributed by atoms with E-state index in [4.69, 9.17) is 15.3 Å². The van der Waals surface area contributed by atoms with Crippen molar-refractivity contribution in [1.29, 1.82) is 0 Å². The number of Topliss-reactive ketones (excluding diaryl/α,β-unsaturated/α-hetero) is 1. The third kappa shape index (κ3) is 3.37. The van der Waals surface area contributed by atoms with Crippen molar-refractivity contribution < 1.29 is 30.0 Å². The second-order valence-corrected chi connectivity index (χ2v) is 2.52. The molecule has 3 atom stereocenters. The van der Waals surface area contributed by atoms with Crippen LogP contribution in [0, 0.1) is 0 Å². The molecule has 0 spiro atoms. The molecule has 0 aromatic rings. The fourth-order valence-electron chi connectivity index (χ4n) is 0.809. The predicted molar refractivity (Wildman–Crippen MR) is 42.0 cm³/mol. The van der Waals surface area contributed by atoms with Crippen molar-refractivity contribution in [1.82, 2.24) is 0 Å². The van der Waals surface area contributed by atoms with Crippen LogP contribution in [0.5, 0.6) is 0 Å². The smallest absolute Gasteiger partial charge is 0.189 e. The third-order valence-electron chi connectivity index (χ3n) is 1.67. The van der Waals surface area contributed by atoms with E-state index in [2.05, 4.69) is 4.74 Å². The second-order valence-electron chi connectivity index (χ2n) is 2.52. The van der Waals surface area contributed by atoms with E-state index in [1.807, 2.05) is 0 Å². The molecule has 0 amide bonds. The lowest BCUT2D eigenvalue weighted by Gasteiger charge is -2.22. The van der Waals surface area contributed by atoms with Gasteiger partial charge in [-0.1, -0.05) is 0 Å². The van der Waals surface area contributed by atoms with Gasteiger partial charge >= 0.3 is 0 Å². The monoisotopic (exact) mass is 194 g/mol. The number of hydrogen-bond acceptors (Lipinski definition) is 6. The fraction of sp³-hybridized carbons (Fsp3) is 0.857. The second kappa shape index (κ2) is 6.01. The maximum atomic E-state index is 10.7. The molecular formula is C7H14O6. The van der Waals surface area contributed by atoms with Crippen molar-refractivity contribution in [3.05, 3.63) is 0 Å². The first kappa shape index (κ1) is 12.5. The highest BCUT2D eigenvalue weighted by Crippen LogP contribution is 2.04. The first-order valence-corrected chi connectivity index (χ1v) is 3.71. The Morgan fingerprint density at radius 1 is 1.38 bits per heavy atom. The van der Waals surface area contributed by atoms with Crippen molar-refractivity contribution >= 4 is 5.78 Å². The molecule has 0 saturated carbocycles. The molecule has 0 aliphatic heterocycles. The molecule has 3 unspecified atom stereocenters. The van der Waals surface area contributed by atoms with Gasteiger partial charge < -0.3 is 25.2 Å². The first-order valence-electron chi connectivity index (χ1n) is 3.71. The van der Waals surface area contributed by atoms with Gasteiger partial charge in [-0.3, -0.25) is 4.79 Å². The Balaban J connectivity index is 4.21. The summed E-state index contributed by atoms with van der Waals surface area (Å²) in [4.78, 5) is 10.7. The van der Waals surface area contributed by atoms with Gasteiger partial charge in [-0.15, -0.1) is 0 Å². The van der Waals surface area contributed by atoms with Crippen LogP contribution in [0.3, 0.4) is 0 Å². The highest BCUT2D eigenvalue weighted by molar-refractivity contribution is 5.84. The van der Waals surface area contributed by atoms with Crippen molar-refractivity contribution in [3.8, 4) is 0 Å². The van der Waals surface area contributed by atoms with Crippen molar-refractivity contribution in [3.63, 3.8) is 0 Å². The Morgan fingerprint density at radius 2 is 1.92 bits per heavy atom. The lowest BCUT2D eigenvalue weighted by atomic mass is 10.1. The molecule has 6 heteroatoms. The SMILES string of the molecule is COC(CO)C(O)C(O)C(=O)CO. The van der Waals surface area contributed by atoms with Crippen molar-refractivity contribution in [2.75, 3.05) is 20.3 Å². The maximum Gasteiger partial charge on any atom is 0.189 e. The Bertz CT molecular complexity index is 155. The molecule has 4 N–H and O–H groups in total. The minimum Gasteiger partial charge on any atom is -0.394 e. The number of aliphatic hydroxyl groups excluding tert-OH is 4. The van der Waals surface area contributed by atoms with E-state index >= 15 is 0 Å². The van der Waals surface area contributed by atoms with E-state index in [1.165, 1.54) is 7.11 Å². The van der Waals surface area contributed by atoms with Crippen LogP contribution in [-0.4, -0.2) is 64.8 Å². The van der Waals surface area contributed by atoms with Crippen LogP contribution in [-0.2, 0) is 9.53 Å². The number of carbonyl (C=O) groups excluding carboxylic acids is 1. The van der Waals surface area contributed by atoms with Crippen LogP contribution in [0.2, 0.25) is 0 Å². The molecule has 0 aromatic carbocycles. The van der Waals surface area contributed by atoms with Crippen LogP contribution >= 0.6 is 0 Å². The predicted octanol–water partition coefficient (Wildman–Crippen LogP) is -2.72. The topological polar surface area (TPSA) is 107 Å². The summed E-state index contributed by atoms with van der Waals surface area (Å²) in [6.45, 7) is -1.38. The minimum absolute atomic E-state index is 0.520. The van der Waals surface area contributed by atoms with E-state index in [0.29, 0.717) is 0 Å². The number of ketones is 1. The molecule has 0 aliphatic rings. The van der Waals surface area contributed by atoms with Crippen molar-refractivity contribution in [2.45, 2.75) is 18.3 Å². The molecule has 0 radical (unpaired) electrons.